The number of likely N-dealkylation sites (tertiary alicyclic amines) is 1. The number of hydrogen-bond donors (Lipinski definition) is 1. The third-order valence-electron chi connectivity index (χ3n) is 3.96. The molecule has 4 heteroatoms. The molecular formula is C15H20INO2. The van der Waals surface area contributed by atoms with Gasteiger partial charge < -0.3 is 10.0 Å². The second-order valence-corrected chi connectivity index (χ2v) is 6.78. The van der Waals surface area contributed by atoms with Gasteiger partial charge in [-0.05, 0) is 65.5 Å². The van der Waals surface area contributed by atoms with Gasteiger partial charge >= 0.3 is 0 Å². The first-order chi connectivity index (χ1) is 8.99. The fourth-order valence-corrected chi connectivity index (χ4v) is 3.11. The monoisotopic (exact) mass is 373 g/mol. The summed E-state index contributed by atoms with van der Waals surface area (Å²) in [5.74, 6) is 1.44. The van der Waals surface area contributed by atoms with Gasteiger partial charge in [-0.15, -0.1) is 0 Å². The van der Waals surface area contributed by atoms with E-state index < -0.39 is 0 Å². The van der Waals surface area contributed by atoms with Gasteiger partial charge in [0.1, 0.15) is 5.75 Å². The molecule has 0 spiro atoms. The quantitative estimate of drug-likeness (QED) is 0.807. The summed E-state index contributed by atoms with van der Waals surface area (Å²) in [6.07, 6.45) is 2.13. The Hall–Kier alpha value is -0.780. The third kappa shape index (κ3) is 3.41. The van der Waals surface area contributed by atoms with Crippen LogP contribution in [-0.2, 0) is 0 Å². The van der Waals surface area contributed by atoms with Crippen molar-refractivity contribution in [2.45, 2.75) is 26.7 Å². The molecule has 3 nitrogen and oxygen atoms in total. The maximum Gasteiger partial charge on any atom is 0.257 e. The normalized spacial score (nSPS) is 16.9. The zero-order valence-electron chi connectivity index (χ0n) is 11.4. The summed E-state index contributed by atoms with van der Waals surface area (Å²) in [4.78, 5) is 14.3. The summed E-state index contributed by atoms with van der Waals surface area (Å²) in [5, 5.41) is 9.83. The van der Waals surface area contributed by atoms with Crippen LogP contribution < -0.4 is 0 Å². The molecule has 1 amide bonds. The maximum absolute atomic E-state index is 12.4. The zero-order chi connectivity index (χ0) is 14.0. The highest BCUT2D eigenvalue weighted by molar-refractivity contribution is 14.1. The van der Waals surface area contributed by atoms with Crippen molar-refractivity contribution in [3.05, 3.63) is 27.3 Å². The molecule has 1 aliphatic rings. The fourth-order valence-electron chi connectivity index (χ4n) is 2.62. The average molecular weight is 373 g/mol. The number of rotatable bonds is 2. The molecular weight excluding hydrogens is 353 g/mol. The van der Waals surface area contributed by atoms with E-state index in [1.54, 1.807) is 18.2 Å². The Bertz CT molecular complexity index is 465. The molecule has 1 fully saturated rings. The van der Waals surface area contributed by atoms with E-state index in [-0.39, 0.29) is 11.7 Å². The zero-order valence-corrected chi connectivity index (χ0v) is 13.6. The Kier molecular flexibility index (Phi) is 4.71. The summed E-state index contributed by atoms with van der Waals surface area (Å²) in [6.45, 7) is 6.08. The molecule has 0 aromatic heterocycles. The highest BCUT2D eigenvalue weighted by atomic mass is 127. The van der Waals surface area contributed by atoms with Gasteiger partial charge in [0.15, 0.2) is 0 Å². The highest BCUT2D eigenvalue weighted by Crippen LogP contribution is 2.27. The molecule has 1 saturated heterocycles. The second kappa shape index (κ2) is 6.11. The van der Waals surface area contributed by atoms with Crippen molar-refractivity contribution in [2.24, 2.45) is 11.8 Å². The average Bonchev–Trinajstić information content (AvgIpc) is 2.41. The van der Waals surface area contributed by atoms with E-state index >= 15 is 0 Å². The van der Waals surface area contributed by atoms with Gasteiger partial charge in [-0.2, -0.15) is 0 Å². The SMILES string of the molecule is CC(C)C1CCN(C(=O)c2cc(I)ccc2O)CC1. The van der Waals surface area contributed by atoms with Crippen LogP contribution in [0.1, 0.15) is 37.0 Å². The van der Waals surface area contributed by atoms with Crippen molar-refractivity contribution in [3.63, 3.8) is 0 Å². The molecule has 0 saturated carbocycles. The van der Waals surface area contributed by atoms with Gasteiger partial charge in [0.25, 0.3) is 5.91 Å². The van der Waals surface area contributed by atoms with E-state index in [0.717, 1.165) is 29.5 Å². The number of phenols is 1. The van der Waals surface area contributed by atoms with Crippen LogP contribution in [0.25, 0.3) is 0 Å². The van der Waals surface area contributed by atoms with Gasteiger partial charge in [-0.1, -0.05) is 13.8 Å². The minimum atomic E-state index is -0.0433. The fraction of sp³-hybridized carbons (Fsp3) is 0.533. The second-order valence-electron chi connectivity index (χ2n) is 5.54. The first kappa shape index (κ1) is 14.6. The number of phenolic OH excluding ortho intramolecular Hbond substituents is 1. The number of nitrogens with zero attached hydrogens (tertiary/aromatic N) is 1. The van der Waals surface area contributed by atoms with Crippen LogP contribution in [0.5, 0.6) is 5.75 Å². The lowest BCUT2D eigenvalue weighted by Crippen LogP contribution is -2.39. The molecule has 1 aromatic carbocycles. The largest absolute Gasteiger partial charge is 0.507 e. The van der Waals surface area contributed by atoms with Crippen LogP contribution in [0, 0.1) is 15.4 Å². The molecule has 19 heavy (non-hydrogen) atoms. The van der Waals surface area contributed by atoms with Crippen LogP contribution >= 0.6 is 22.6 Å². The molecule has 1 heterocycles. The number of amides is 1. The maximum atomic E-state index is 12.4. The Morgan fingerprint density at radius 3 is 2.58 bits per heavy atom. The first-order valence-electron chi connectivity index (χ1n) is 6.77. The van der Waals surface area contributed by atoms with Gasteiger partial charge in [-0.3, -0.25) is 4.79 Å². The number of hydrogen-bond acceptors (Lipinski definition) is 2. The molecule has 2 rings (SSSR count). The van der Waals surface area contributed by atoms with Crippen LogP contribution in [0.4, 0.5) is 0 Å². The summed E-state index contributed by atoms with van der Waals surface area (Å²) in [5.41, 5.74) is 0.426. The van der Waals surface area contributed by atoms with Gasteiger partial charge in [0.2, 0.25) is 0 Å². The standard InChI is InChI=1S/C15H20INO2/c1-10(2)11-5-7-17(8-6-11)15(19)13-9-12(16)3-4-14(13)18/h3-4,9-11,18H,5-8H2,1-2H3. The molecule has 1 aromatic rings. The molecule has 104 valence electrons. The Morgan fingerprint density at radius 1 is 1.37 bits per heavy atom. The Morgan fingerprint density at radius 2 is 2.00 bits per heavy atom. The molecule has 1 N–H and O–H groups in total. The number of piperidine rings is 1. The molecule has 1 aliphatic heterocycles. The lowest BCUT2D eigenvalue weighted by molar-refractivity contribution is 0.0664. The smallest absolute Gasteiger partial charge is 0.257 e. The van der Waals surface area contributed by atoms with Crippen molar-refractivity contribution in [3.8, 4) is 5.75 Å². The molecule has 0 radical (unpaired) electrons. The first-order valence-corrected chi connectivity index (χ1v) is 7.84. The lowest BCUT2D eigenvalue weighted by atomic mass is 9.86. The molecule has 0 unspecified atom stereocenters. The van der Waals surface area contributed by atoms with E-state index in [0.29, 0.717) is 17.4 Å². The summed E-state index contributed by atoms with van der Waals surface area (Å²) < 4.78 is 0.968. The van der Waals surface area contributed by atoms with Crippen LogP contribution in [0.3, 0.4) is 0 Å². The van der Waals surface area contributed by atoms with Crippen molar-refractivity contribution < 1.29 is 9.90 Å². The van der Waals surface area contributed by atoms with Crippen LogP contribution in [0.2, 0.25) is 0 Å². The van der Waals surface area contributed by atoms with Crippen molar-refractivity contribution >= 4 is 28.5 Å². The van der Waals surface area contributed by atoms with Gasteiger partial charge in [-0.25, -0.2) is 0 Å². The van der Waals surface area contributed by atoms with Crippen LogP contribution in [0.15, 0.2) is 18.2 Å². The minimum absolute atomic E-state index is 0.0433. The van der Waals surface area contributed by atoms with E-state index in [1.807, 2.05) is 4.90 Å². The van der Waals surface area contributed by atoms with Crippen LogP contribution in [-0.4, -0.2) is 29.0 Å². The number of halogens is 1. The van der Waals surface area contributed by atoms with E-state index in [9.17, 15) is 9.90 Å². The number of carbonyl (C=O) groups excluding carboxylic acids is 1. The van der Waals surface area contributed by atoms with Gasteiger partial charge in [0, 0.05) is 16.7 Å². The molecule has 0 atom stereocenters. The summed E-state index contributed by atoms with van der Waals surface area (Å²) >= 11 is 2.16. The van der Waals surface area contributed by atoms with Crippen molar-refractivity contribution in [1.29, 1.82) is 0 Å². The predicted octanol–water partition coefficient (Wildman–Crippen LogP) is 3.51. The number of benzene rings is 1. The summed E-state index contributed by atoms with van der Waals surface area (Å²) in [7, 11) is 0. The molecule has 0 bridgehead atoms. The van der Waals surface area contributed by atoms with Crippen molar-refractivity contribution in [2.75, 3.05) is 13.1 Å². The number of aromatic hydroxyl groups is 1. The predicted molar refractivity (Wildman–Crippen MR) is 84.3 cm³/mol. The third-order valence-corrected chi connectivity index (χ3v) is 4.63. The topological polar surface area (TPSA) is 40.5 Å². The number of carbonyl (C=O) groups is 1. The Labute approximate surface area is 128 Å². The van der Waals surface area contributed by atoms with E-state index in [1.165, 1.54) is 0 Å². The van der Waals surface area contributed by atoms with E-state index in [4.69, 9.17) is 0 Å². The van der Waals surface area contributed by atoms with E-state index in [2.05, 4.69) is 36.4 Å². The minimum Gasteiger partial charge on any atom is -0.507 e. The highest BCUT2D eigenvalue weighted by Gasteiger charge is 2.26. The Balaban J connectivity index is 2.07. The lowest BCUT2D eigenvalue weighted by Gasteiger charge is -2.34. The van der Waals surface area contributed by atoms with Crippen molar-refractivity contribution in [1.82, 2.24) is 4.90 Å². The summed E-state index contributed by atoms with van der Waals surface area (Å²) in [6, 6.07) is 5.15. The van der Waals surface area contributed by atoms with Gasteiger partial charge in [0.05, 0.1) is 5.56 Å². The molecule has 0 aliphatic carbocycles.